The van der Waals surface area contributed by atoms with E-state index in [9.17, 15) is 35.1 Å². The Morgan fingerprint density at radius 2 is 1.00 bits per heavy atom. The van der Waals surface area contributed by atoms with Crippen molar-refractivity contribution in [3.05, 3.63) is 72.9 Å². The van der Waals surface area contributed by atoms with Gasteiger partial charge in [0.25, 0.3) is 0 Å². The number of hydrogen-bond donors (Lipinski definition) is 6. The molecule has 0 radical (unpaired) electrons. The highest BCUT2D eigenvalue weighted by Crippen LogP contribution is 2.26. The number of amides is 1. The first kappa shape index (κ1) is 67.1. The van der Waals surface area contributed by atoms with Crippen LogP contribution in [0.15, 0.2) is 72.9 Å². The molecule has 0 spiro atoms. The van der Waals surface area contributed by atoms with E-state index in [1.54, 1.807) is 6.08 Å². The predicted molar refractivity (Wildman–Crippen MR) is 296 cm³/mol. The lowest BCUT2D eigenvalue weighted by Crippen LogP contribution is -2.61. The molecule has 1 aliphatic heterocycles. The number of ether oxygens (including phenoxy) is 3. The molecule has 11 heteroatoms. The fourth-order valence-corrected chi connectivity index (χ4v) is 8.65. The highest BCUT2D eigenvalue weighted by Gasteiger charge is 2.47. The predicted octanol–water partition coefficient (Wildman–Crippen LogP) is 13.2. The van der Waals surface area contributed by atoms with Crippen molar-refractivity contribution in [3.8, 4) is 0 Å². The van der Waals surface area contributed by atoms with Gasteiger partial charge in [0.05, 0.1) is 25.4 Å². The van der Waals surface area contributed by atoms with Gasteiger partial charge >= 0.3 is 5.97 Å². The molecule has 1 rings (SSSR count). The molecule has 1 fully saturated rings. The van der Waals surface area contributed by atoms with Gasteiger partial charge in [-0.1, -0.05) is 216 Å². The number of allylic oxidation sites excluding steroid dienone is 11. The van der Waals surface area contributed by atoms with Gasteiger partial charge < -0.3 is 45.1 Å². The molecule has 0 bridgehead atoms. The smallest absolute Gasteiger partial charge is 0.306 e. The van der Waals surface area contributed by atoms with Crippen molar-refractivity contribution in [2.45, 2.75) is 288 Å². The second kappa shape index (κ2) is 49.0. The molecule has 416 valence electrons. The zero-order chi connectivity index (χ0) is 52.5. The number of unbranched alkanes of at least 4 members (excludes halogenated alkanes) is 25. The molecular weight excluding hydrogens is 907 g/mol. The fraction of sp³-hybridized carbons (Fsp3) is 0.770. The summed E-state index contributed by atoms with van der Waals surface area (Å²) in [7, 11) is 0. The van der Waals surface area contributed by atoms with Crippen molar-refractivity contribution in [2.75, 3.05) is 13.2 Å². The van der Waals surface area contributed by atoms with E-state index in [0.717, 1.165) is 103 Å². The number of nitrogens with one attached hydrogen (secondary N) is 1. The zero-order valence-electron chi connectivity index (χ0n) is 45.8. The van der Waals surface area contributed by atoms with Crippen LogP contribution in [0.2, 0.25) is 0 Å². The van der Waals surface area contributed by atoms with Gasteiger partial charge in [-0.25, -0.2) is 0 Å². The van der Waals surface area contributed by atoms with E-state index in [1.807, 2.05) is 6.08 Å². The average molecular weight is 1010 g/mol. The largest absolute Gasteiger partial charge is 0.454 e. The highest BCUT2D eigenvalue weighted by atomic mass is 16.7. The first-order valence-corrected chi connectivity index (χ1v) is 29.2. The topological polar surface area (TPSA) is 175 Å². The highest BCUT2D eigenvalue weighted by molar-refractivity contribution is 5.80. The van der Waals surface area contributed by atoms with Crippen molar-refractivity contribution in [3.63, 3.8) is 0 Å². The maximum atomic E-state index is 13.4. The number of rotatable bonds is 48. The summed E-state index contributed by atoms with van der Waals surface area (Å²) in [5, 5.41) is 56.8. The molecule has 0 aromatic rings. The first-order valence-electron chi connectivity index (χ1n) is 29.2. The maximum absolute atomic E-state index is 13.4. The minimum absolute atomic E-state index is 0.105. The molecule has 1 amide bonds. The van der Waals surface area contributed by atoms with Crippen LogP contribution in [0.4, 0.5) is 0 Å². The van der Waals surface area contributed by atoms with Crippen molar-refractivity contribution in [1.29, 1.82) is 0 Å². The Labute approximate surface area is 439 Å². The van der Waals surface area contributed by atoms with Crippen LogP contribution in [0.3, 0.4) is 0 Å². The number of aliphatic hydroxyl groups is 5. The average Bonchev–Trinajstić information content (AvgIpc) is 3.38. The molecule has 0 aliphatic carbocycles. The molecule has 8 atom stereocenters. The lowest BCUT2D eigenvalue weighted by molar-refractivity contribution is -0.305. The van der Waals surface area contributed by atoms with E-state index in [2.05, 4.69) is 86.8 Å². The summed E-state index contributed by atoms with van der Waals surface area (Å²) in [5.74, 6) is -1.23. The number of esters is 1. The SMILES string of the molecule is CCCCC/C=C\C/C=C\C/C=C\CCCCCC(O)C(=O)NC(COC1OC(CO)C(O)C(O)C1OC(=O)CCCCCCCC/C=C/C=C/CCCCC)C(O)/C=C/CCCCCCCCCCCC. The quantitative estimate of drug-likeness (QED) is 0.0149. The Morgan fingerprint density at radius 3 is 1.54 bits per heavy atom. The molecule has 72 heavy (non-hydrogen) atoms. The summed E-state index contributed by atoms with van der Waals surface area (Å²) in [4.78, 5) is 26.5. The maximum Gasteiger partial charge on any atom is 0.306 e. The second-order valence-corrected chi connectivity index (χ2v) is 20.0. The number of carbonyl (C=O) groups excluding carboxylic acids is 2. The normalized spacial score (nSPS) is 20.0. The number of carbonyl (C=O) groups is 2. The van der Waals surface area contributed by atoms with Crippen LogP contribution in [0.1, 0.15) is 239 Å². The standard InChI is InChI=1S/C61H107NO10/c1-4-7-10-13-16-19-22-25-27-29-30-33-36-39-42-45-48-54(65)60(69)62-52(53(64)47-44-41-38-35-32-24-21-18-15-12-9-6-3)51-70-61-59(58(68)57(67)55(50-63)71-61)72-56(66)49-46-43-40-37-34-31-28-26-23-20-17-14-11-8-5-2/h16-17,19-20,23,25-27,30,33,44,47,52-55,57-59,61,63-65,67-68H,4-15,18,21-22,24,28-29,31-32,34-43,45-46,48-51H2,1-3H3,(H,62,69)/b19-16-,20-17+,26-23+,27-25-,33-30-,47-44+. The molecule has 1 aliphatic rings. The van der Waals surface area contributed by atoms with Gasteiger partial charge in [0, 0.05) is 6.42 Å². The molecule has 0 aromatic carbocycles. The van der Waals surface area contributed by atoms with Gasteiger partial charge in [-0.2, -0.15) is 0 Å². The molecule has 11 nitrogen and oxygen atoms in total. The van der Waals surface area contributed by atoms with Gasteiger partial charge in [-0.3, -0.25) is 9.59 Å². The summed E-state index contributed by atoms with van der Waals surface area (Å²) >= 11 is 0. The number of aliphatic hydroxyl groups excluding tert-OH is 5. The van der Waals surface area contributed by atoms with E-state index >= 15 is 0 Å². The summed E-state index contributed by atoms with van der Waals surface area (Å²) in [5.41, 5.74) is 0. The fourth-order valence-electron chi connectivity index (χ4n) is 8.65. The van der Waals surface area contributed by atoms with Gasteiger partial charge in [0.2, 0.25) is 5.91 Å². The van der Waals surface area contributed by atoms with Crippen LogP contribution in [0.25, 0.3) is 0 Å². The van der Waals surface area contributed by atoms with Crippen LogP contribution in [0, 0.1) is 0 Å². The summed E-state index contributed by atoms with van der Waals surface area (Å²) in [6.07, 6.45) is 50.8. The minimum Gasteiger partial charge on any atom is -0.454 e. The van der Waals surface area contributed by atoms with E-state index in [4.69, 9.17) is 14.2 Å². The minimum atomic E-state index is -1.62. The lowest BCUT2D eigenvalue weighted by atomic mass is 9.99. The molecule has 0 aromatic heterocycles. The molecule has 1 heterocycles. The van der Waals surface area contributed by atoms with Crippen LogP contribution in [-0.4, -0.2) is 99.6 Å². The van der Waals surface area contributed by atoms with E-state index < -0.39 is 67.4 Å². The summed E-state index contributed by atoms with van der Waals surface area (Å²) in [6, 6.07) is -1.04. The molecule has 1 saturated heterocycles. The molecule has 6 N–H and O–H groups in total. The molecule has 8 unspecified atom stereocenters. The Hall–Kier alpha value is -2.90. The third-order valence-corrected chi connectivity index (χ3v) is 13.4. The van der Waals surface area contributed by atoms with Crippen LogP contribution < -0.4 is 5.32 Å². The Kier molecular flexibility index (Phi) is 45.7. The van der Waals surface area contributed by atoms with Crippen molar-refractivity contribution in [1.82, 2.24) is 5.32 Å². The van der Waals surface area contributed by atoms with E-state index in [0.29, 0.717) is 12.8 Å². The second-order valence-electron chi connectivity index (χ2n) is 20.0. The van der Waals surface area contributed by atoms with Gasteiger partial charge in [0.15, 0.2) is 12.4 Å². The summed E-state index contributed by atoms with van der Waals surface area (Å²) < 4.78 is 17.6. The van der Waals surface area contributed by atoms with Crippen LogP contribution >= 0.6 is 0 Å². The third-order valence-electron chi connectivity index (χ3n) is 13.4. The van der Waals surface area contributed by atoms with Gasteiger partial charge in [-0.15, -0.1) is 0 Å². The zero-order valence-corrected chi connectivity index (χ0v) is 45.8. The first-order chi connectivity index (χ1) is 35.2. The van der Waals surface area contributed by atoms with Gasteiger partial charge in [0.1, 0.15) is 24.4 Å². The van der Waals surface area contributed by atoms with E-state index in [1.165, 1.54) is 89.9 Å². The van der Waals surface area contributed by atoms with Gasteiger partial charge in [-0.05, 0) is 89.9 Å². The van der Waals surface area contributed by atoms with E-state index in [-0.39, 0.29) is 19.4 Å². The van der Waals surface area contributed by atoms with Crippen molar-refractivity contribution < 1.29 is 49.3 Å². The monoisotopic (exact) mass is 1010 g/mol. The van der Waals surface area contributed by atoms with Crippen molar-refractivity contribution >= 4 is 11.9 Å². The third kappa shape index (κ3) is 36.9. The lowest BCUT2D eigenvalue weighted by Gasteiger charge is -2.41. The molecular formula is C61H107NO10. The Morgan fingerprint density at radius 1 is 0.556 bits per heavy atom. The Bertz CT molecular complexity index is 1440. The van der Waals surface area contributed by atoms with Crippen LogP contribution in [-0.2, 0) is 23.8 Å². The molecule has 0 saturated carbocycles. The van der Waals surface area contributed by atoms with Crippen molar-refractivity contribution in [2.24, 2.45) is 0 Å². The number of hydrogen-bond acceptors (Lipinski definition) is 10. The Balaban J connectivity index is 2.76. The summed E-state index contributed by atoms with van der Waals surface area (Å²) in [6.45, 7) is 5.69. The van der Waals surface area contributed by atoms with Crippen LogP contribution in [0.5, 0.6) is 0 Å².